The van der Waals surface area contributed by atoms with E-state index in [-0.39, 0.29) is 11.5 Å². The van der Waals surface area contributed by atoms with E-state index in [4.69, 9.17) is 4.74 Å². The van der Waals surface area contributed by atoms with Crippen LogP contribution < -0.4 is 15.7 Å². The maximum atomic E-state index is 12.3. The Morgan fingerprint density at radius 1 is 1.14 bits per heavy atom. The molecule has 1 aliphatic rings. The molecule has 9 heteroatoms. The van der Waals surface area contributed by atoms with Gasteiger partial charge in [0.1, 0.15) is 17.4 Å². The summed E-state index contributed by atoms with van der Waals surface area (Å²) in [6.45, 7) is 6.25. The Labute approximate surface area is 204 Å². The molecule has 1 aliphatic heterocycles. The summed E-state index contributed by atoms with van der Waals surface area (Å²) in [5.74, 6) is 0.975. The first kappa shape index (κ1) is 24.1. The van der Waals surface area contributed by atoms with E-state index in [9.17, 15) is 10.1 Å². The third-order valence-electron chi connectivity index (χ3n) is 5.83. The second kappa shape index (κ2) is 11.9. The molecule has 2 N–H and O–H groups in total. The molecule has 0 saturated carbocycles. The average Bonchev–Trinajstić information content (AvgIpc) is 2.89. The van der Waals surface area contributed by atoms with Crippen LogP contribution >= 0.6 is 0 Å². The molecule has 0 bridgehead atoms. The zero-order chi connectivity index (χ0) is 24.5. The van der Waals surface area contributed by atoms with Gasteiger partial charge < -0.3 is 14.5 Å². The van der Waals surface area contributed by atoms with E-state index in [1.807, 2.05) is 48.5 Å². The first-order valence-corrected chi connectivity index (χ1v) is 11.6. The van der Waals surface area contributed by atoms with Crippen LogP contribution in [0.15, 0.2) is 64.5 Å². The normalized spacial score (nSPS) is 14.6. The summed E-state index contributed by atoms with van der Waals surface area (Å²) in [5.41, 5.74) is 4.04. The number of piperazine rings is 1. The van der Waals surface area contributed by atoms with Crippen molar-refractivity contribution in [1.29, 1.82) is 5.26 Å². The number of nitrogens with one attached hydrogen (secondary N) is 2. The van der Waals surface area contributed by atoms with Crippen molar-refractivity contribution in [1.82, 2.24) is 19.8 Å². The van der Waals surface area contributed by atoms with E-state index in [0.717, 1.165) is 50.5 Å². The summed E-state index contributed by atoms with van der Waals surface area (Å²) in [4.78, 5) is 24.1. The number of rotatable bonds is 9. The summed E-state index contributed by atoms with van der Waals surface area (Å²) in [5, 5.41) is 13.5. The van der Waals surface area contributed by atoms with Gasteiger partial charge in [-0.05, 0) is 43.3 Å². The minimum Gasteiger partial charge on any atom is -0.494 e. The number of ether oxygens (including phenoxy) is 1. The van der Waals surface area contributed by atoms with Gasteiger partial charge in [-0.15, -0.1) is 0 Å². The highest BCUT2D eigenvalue weighted by Gasteiger charge is 2.13. The summed E-state index contributed by atoms with van der Waals surface area (Å²) in [6, 6.07) is 18.7. The number of hydrogen-bond acceptors (Lipinski definition) is 8. The first-order chi connectivity index (χ1) is 17.1. The van der Waals surface area contributed by atoms with Crippen molar-refractivity contribution in [3.63, 3.8) is 0 Å². The number of anilines is 1. The second-order valence-corrected chi connectivity index (χ2v) is 8.40. The molecule has 0 spiro atoms. The van der Waals surface area contributed by atoms with Crippen LogP contribution in [0.25, 0.3) is 11.3 Å². The second-order valence-electron chi connectivity index (χ2n) is 8.40. The Balaban J connectivity index is 1.29. The van der Waals surface area contributed by atoms with Gasteiger partial charge >= 0.3 is 0 Å². The number of aromatic amines is 1. The highest BCUT2D eigenvalue weighted by molar-refractivity contribution is 5.80. The predicted molar refractivity (Wildman–Crippen MR) is 137 cm³/mol. The molecule has 1 fully saturated rings. The van der Waals surface area contributed by atoms with E-state index in [0.29, 0.717) is 17.9 Å². The van der Waals surface area contributed by atoms with Gasteiger partial charge in [-0.25, -0.2) is 10.4 Å². The van der Waals surface area contributed by atoms with E-state index in [1.165, 1.54) is 0 Å². The summed E-state index contributed by atoms with van der Waals surface area (Å²) in [6.07, 6.45) is 2.62. The van der Waals surface area contributed by atoms with Crippen molar-refractivity contribution in [2.45, 2.75) is 6.42 Å². The number of hydrazone groups is 1. The van der Waals surface area contributed by atoms with E-state index in [2.05, 4.69) is 37.3 Å². The van der Waals surface area contributed by atoms with Gasteiger partial charge in [-0.3, -0.25) is 9.78 Å². The Bertz CT molecular complexity index is 1230. The van der Waals surface area contributed by atoms with Crippen LogP contribution in [-0.2, 0) is 0 Å². The summed E-state index contributed by atoms with van der Waals surface area (Å²) in [7, 11) is 2.16. The third kappa shape index (κ3) is 6.76. The molecular formula is C26H29N7O2. The summed E-state index contributed by atoms with van der Waals surface area (Å²) < 4.78 is 5.86. The largest absolute Gasteiger partial charge is 0.494 e. The van der Waals surface area contributed by atoms with Gasteiger partial charge in [-0.2, -0.15) is 10.4 Å². The van der Waals surface area contributed by atoms with Crippen LogP contribution in [0.1, 0.15) is 17.5 Å². The van der Waals surface area contributed by atoms with Gasteiger partial charge in [0.2, 0.25) is 5.95 Å². The smallest absolute Gasteiger partial charge is 0.270 e. The van der Waals surface area contributed by atoms with Crippen molar-refractivity contribution in [3.05, 3.63) is 76.1 Å². The lowest BCUT2D eigenvalue weighted by molar-refractivity contribution is 0.145. The monoisotopic (exact) mass is 471 g/mol. The highest BCUT2D eigenvalue weighted by Crippen LogP contribution is 2.19. The minimum atomic E-state index is -0.520. The minimum absolute atomic E-state index is 0.0372. The molecule has 1 aromatic heterocycles. The van der Waals surface area contributed by atoms with Crippen LogP contribution in [-0.4, -0.2) is 72.4 Å². The number of H-pyrrole nitrogens is 1. The van der Waals surface area contributed by atoms with Gasteiger partial charge in [0, 0.05) is 38.3 Å². The average molecular weight is 472 g/mol. The molecule has 2 aromatic carbocycles. The molecule has 0 radical (unpaired) electrons. The first-order valence-electron chi connectivity index (χ1n) is 11.6. The Morgan fingerprint density at radius 3 is 2.60 bits per heavy atom. The molecule has 180 valence electrons. The number of nitriles is 1. The van der Waals surface area contributed by atoms with Crippen LogP contribution in [0.5, 0.6) is 5.75 Å². The standard InChI is InChI=1S/C26H29N7O2/c1-32-13-15-33(16-14-32)12-5-17-35-22-10-8-20(9-11-22)19-28-31-26-29-24(21-6-3-2-4-7-21)23(18-27)25(34)30-26/h2-4,6-11,19H,5,12-17H2,1H3,(H2,29,30,31,34). The van der Waals surface area contributed by atoms with Gasteiger partial charge in [0.05, 0.1) is 18.5 Å². The topological polar surface area (TPSA) is 110 Å². The lowest BCUT2D eigenvalue weighted by Crippen LogP contribution is -2.44. The highest BCUT2D eigenvalue weighted by atomic mass is 16.5. The Hall–Kier alpha value is -4.00. The van der Waals surface area contributed by atoms with E-state index in [1.54, 1.807) is 18.3 Å². The predicted octanol–water partition coefficient (Wildman–Crippen LogP) is 2.77. The molecule has 2 heterocycles. The van der Waals surface area contributed by atoms with Crippen molar-refractivity contribution < 1.29 is 4.74 Å². The number of likely N-dealkylation sites (N-methyl/N-ethyl adjacent to an activating group) is 1. The number of hydrogen-bond donors (Lipinski definition) is 2. The van der Waals surface area contributed by atoms with Crippen LogP contribution in [0.3, 0.4) is 0 Å². The molecule has 0 atom stereocenters. The number of nitrogens with zero attached hydrogens (tertiary/aromatic N) is 5. The molecule has 35 heavy (non-hydrogen) atoms. The zero-order valence-electron chi connectivity index (χ0n) is 19.8. The zero-order valence-corrected chi connectivity index (χ0v) is 19.8. The number of benzene rings is 2. The summed E-state index contributed by atoms with van der Waals surface area (Å²) >= 11 is 0. The van der Waals surface area contributed by atoms with Crippen molar-refractivity contribution >= 4 is 12.2 Å². The number of aromatic nitrogens is 2. The lowest BCUT2D eigenvalue weighted by Gasteiger charge is -2.32. The molecule has 0 amide bonds. The van der Waals surface area contributed by atoms with Gasteiger partial charge in [0.25, 0.3) is 5.56 Å². The van der Waals surface area contributed by atoms with E-state index < -0.39 is 5.56 Å². The molecule has 4 rings (SSSR count). The SMILES string of the molecule is CN1CCN(CCCOc2ccc(C=NNc3nc(-c4ccccc4)c(C#N)c(=O)[nH]3)cc2)CC1. The van der Waals surface area contributed by atoms with Crippen LogP contribution in [0.4, 0.5) is 5.95 Å². The van der Waals surface area contributed by atoms with Crippen molar-refractivity contribution in [2.75, 3.05) is 51.8 Å². The third-order valence-corrected chi connectivity index (χ3v) is 5.83. The molecule has 3 aromatic rings. The van der Waals surface area contributed by atoms with Crippen molar-refractivity contribution in [2.24, 2.45) is 5.10 Å². The molecular weight excluding hydrogens is 442 g/mol. The van der Waals surface area contributed by atoms with Gasteiger partial charge in [-0.1, -0.05) is 30.3 Å². The maximum Gasteiger partial charge on any atom is 0.270 e. The van der Waals surface area contributed by atoms with Crippen molar-refractivity contribution in [3.8, 4) is 23.1 Å². The fourth-order valence-electron chi connectivity index (χ4n) is 3.80. The molecule has 1 saturated heterocycles. The Morgan fingerprint density at radius 2 is 1.89 bits per heavy atom. The van der Waals surface area contributed by atoms with Crippen LogP contribution in [0.2, 0.25) is 0 Å². The molecule has 0 aliphatic carbocycles. The fraction of sp³-hybridized carbons (Fsp3) is 0.308. The molecule has 0 unspecified atom stereocenters. The Kier molecular flexibility index (Phi) is 8.22. The quantitative estimate of drug-likeness (QED) is 0.281. The molecule has 9 nitrogen and oxygen atoms in total. The fourth-order valence-corrected chi connectivity index (χ4v) is 3.80. The van der Waals surface area contributed by atoms with Gasteiger partial charge in [0.15, 0.2) is 0 Å². The maximum absolute atomic E-state index is 12.3. The van der Waals surface area contributed by atoms with E-state index >= 15 is 0 Å². The van der Waals surface area contributed by atoms with Crippen LogP contribution in [0, 0.1) is 11.3 Å². The lowest BCUT2D eigenvalue weighted by atomic mass is 10.1.